The van der Waals surface area contributed by atoms with Gasteiger partial charge < -0.3 is 14.9 Å². The number of hydrogen-bond donors (Lipinski definition) is 2. The smallest absolute Gasteiger partial charge is 0.330 e. The van der Waals surface area contributed by atoms with E-state index in [-0.39, 0.29) is 19.4 Å². The van der Waals surface area contributed by atoms with Crippen molar-refractivity contribution in [2.45, 2.75) is 25.7 Å². The van der Waals surface area contributed by atoms with Crippen LogP contribution >= 0.6 is 0 Å². The average molecular weight is 244 g/mol. The monoisotopic (exact) mass is 244 g/mol. The molecule has 6 heteroatoms. The zero-order valence-electron chi connectivity index (χ0n) is 9.42. The Morgan fingerprint density at radius 2 is 1.88 bits per heavy atom. The van der Waals surface area contributed by atoms with E-state index in [0.29, 0.717) is 12.8 Å². The van der Waals surface area contributed by atoms with E-state index >= 15 is 0 Å². The van der Waals surface area contributed by atoms with Crippen molar-refractivity contribution in [3.8, 4) is 0 Å². The molecule has 0 radical (unpaired) electrons. The van der Waals surface area contributed by atoms with Gasteiger partial charge >= 0.3 is 17.9 Å². The lowest BCUT2D eigenvalue weighted by Crippen LogP contribution is -2.18. The molecule has 0 fully saturated rings. The normalized spacial score (nSPS) is 11.5. The summed E-state index contributed by atoms with van der Waals surface area (Å²) in [5, 5.41) is 17.2. The topological polar surface area (TPSA) is 101 Å². The van der Waals surface area contributed by atoms with Gasteiger partial charge in [-0.2, -0.15) is 0 Å². The van der Waals surface area contributed by atoms with Crippen LogP contribution in [0.15, 0.2) is 12.7 Å². The van der Waals surface area contributed by atoms with E-state index in [2.05, 4.69) is 6.58 Å². The summed E-state index contributed by atoms with van der Waals surface area (Å²) in [4.78, 5) is 31.7. The van der Waals surface area contributed by atoms with Crippen molar-refractivity contribution < 1.29 is 29.3 Å². The molecule has 0 aromatic rings. The molecule has 0 aliphatic heterocycles. The molecule has 0 amide bonds. The highest BCUT2D eigenvalue weighted by molar-refractivity contribution is 5.81. The van der Waals surface area contributed by atoms with Gasteiger partial charge in [-0.25, -0.2) is 4.79 Å². The van der Waals surface area contributed by atoms with Crippen LogP contribution in [-0.2, 0) is 19.1 Å². The molecule has 1 unspecified atom stereocenters. The Kier molecular flexibility index (Phi) is 7.41. The number of rotatable bonds is 9. The van der Waals surface area contributed by atoms with Crippen LogP contribution in [0, 0.1) is 5.92 Å². The Morgan fingerprint density at radius 3 is 2.35 bits per heavy atom. The predicted molar refractivity (Wildman–Crippen MR) is 58.4 cm³/mol. The summed E-state index contributed by atoms with van der Waals surface area (Å²) in [5.74, 6) is -3.65. The number of esters is 1. The van der Waals surface area contributed by atoms with Crippen LogP contribution in [0.3, 0.4) is 0 Å². The van der Waals surface area contributed by atoms with E-state index in [1.165, 1.54) is 0 Å². The highest BCUT2D eigenvalue weighted by Gasteiger charge is 2.20. The molecule has 96 valence electrons. The summed E-state index contributed by atoms with van der Waals surface area (Å²) in [6, 6.07) is 0. The molecular weight excluding hydrogens is 228 g/mol. The summed E-state index contributed by atoms with van der Waals surface area (Å²) in [7, 11) is 0. The van der Waals surface area contributed by atoms with Crippen LogP contribution < -0.4 is 0 Å². The minimum Gasteiger partial charge on any atom is -0.481 e. The summed E-state index contributed by atoms with van der Waals surface area (Å²) in [6.07, 6.45) is 1.91. The van der Waals surface area contributed by atoms with Crippen molar-refractivity contribution in [2.24, 2.45) is 5.92 Å². The molecule has 1 atom stereocenters. The molecule has 0 spiro atoms. The van der Waals surface area contributed by atoms with Gasteiger partial charge in [-0.3, -0.25) is 9.59 Å². The van der Waals surface area contributed by atoms with Crippen molar-refractivity contribution in [1.82, 2.24) is 0 Å². The minimum atomic E-state index is -1.13. The van der Waals surface area contributed by atoms with E-state index in [4.69, 9.17) is 14.9 Å². The first-order valence-electron chi connectivity index (χ1n) is 5.21. The number of carbonyl (C=O) groups excluding carboxylic acids is 1. The lowest BCUT2D eigenvalue weighted by atomic mass is 9.99. The van der Waals surface area contributed by atoms with Gasteiger partial charge in [0.15, 0.2) is 0 Å². The van der Waals surface area contributed by atoms with E-state index in [1.807, 2.05) is 0 Å². The molecule has 0 aromatic heterocycles. The fraction of sp³-hybridized carbons (Fsp3) is 0.545. The van der Waals surface area contributed by atoms with Crippen molar-refractivity contribution in [1.29, 1.82) is 0 Å². The summed E-state index contributed by atoms with van der Waals surface area (Å²) in [6.45, 7) is 3.41. The SMILES string of the molecule is C=CC(=O)OCCCCC(CC(=O)O)C(=O)O. The number of ether oxygens (including phenoxy) is 1. The van der Waals surface area contributed by atoms with Gasteiger partial charge in [0.2, 0.25) is 0 Å². The van der Waals surface area contributed by atoms with E-state index in [1.54, 1.807) is 0 Å². The van der Waals surface area contributed by atoms with Crippen LogP contribution in [0.25, 0.3) is 0 Å². The molecule has 6 nitrogen and oxygen atoms in total. The zero-order chi connectivity index (χ0) is 13.3. The number of carboxylic acids is 2. The van der Waals surface area contributed by atoms with E-state index in [9.17, 15) is 14.4 Å². The first-order valence-corrected chi connectivity index (χ1v) is 5.21. The second-order valence-electron chi connectivity index (χ2n) is 3.50. The number of aliphatic carboxylic acids is 2. The molecule has 17 heavy (non-hydrogen) atoms. The second-order valence-corrected chi connectivity index (χ2v) is 3.50. The van der Waals surface area contributed by atoms with Gasteiger partial charge in [0.1, 0.15) is 0 Å². The summed E-state index contributed by atoms with van der Waals surface area (Å²) < 4.78 is 4.69. The zero-order valence-corrected chi connectivity index (χ0v) is 9.42. The maximum absolute atomic E-state index is 10.7. The molecule has 0 bridgehead atoms. The quantitative estimate of drug-likeness (QED) is 0.357. The Labute approximate surface area is 98.9 Å². The molecule has 0 saturated heterocycles. The number of unbranched alkanes of at least 4 members (excludes halogenated alkanes) is 1. The standard InChI is InChI=1S/C11H16O6/c1-2-10(14)17-6-4-3-5-8(11(15)16)7-9(12)13/h2,8H,1,3-7H2,(H,12,13)(H,15,16). The number of hydrogen-bond acceptors (Lipinski definition) is 4. The molecular formula is C11H16O6. The largest absolute Gasteiger partial charge is 0.481 e. The van der Waals surface area contributed by atoms with Crippen LogP contribution in [0.4, 0.5) is 0 Å². The highest BCUT2D eigenvalue weighted by atomic mass is 16.5. The third-order valence-corrected chi connectivity index (χ3v) is 2.13. The van der Waals surface area contributed by atoms with E-state index < -0.39 is 23.8 Å². The summed E-state index contributed by atoms with van der Waals surface area (Å²) >= 11 is 0. The molecule has 0 saturated carbocycles. The first-order chi connectivity index (χ1) is 7.97. The van der Waals surface area contributed by atoms with Crippen molar-refractivity contribution in [2.75, 3.05) is 6.61 Å². The lowest BCUT2D eigenvalue weighted by molar-refractivity contribution is -0.148. The highest BCUT2D eigenvalue weighted by Crippen LogP contribution is 2.13. The Balaban J connectivity index is 3.75. The number of carboxylic acid groups (broad SMARTS) is 2. The molecule has 0 aliphatic carbocycles. The Morgan fingerprint density at radius 1 is 1.24 bits per heavy atom. The molecule has 0 aromatic carbocycles. The van der Waals surface area contributed by atoms with Crippen molar-refractivity contribution in [3.05, 3.63) is 12.7 Å². The fourth-order valence-corrected chi connectivity index (χ4v) is 1.25. The Hall–Kier alpha value is -1.85. The third-order valence-electron chi connectivity index (χ3n) is 2.13. The van der Waals surface area contributed by atoms with Gasteiger partial charge in [-0.05, 0) is 19.3 Å². The van der Waals surface area contributed by atoms with Crippen LogP contribution in [0.1, 0.15) is 25.7 Å². The lowest BCUT2D eigenvalue weighted by Gasteiger charge is -2.09. The second kappa shape index (κ2) is 8.32. The van der Waals surface area contributed by atoms with Gasteiger partial charge in [0.05, 0.1) is 18.9 Å². The third kappa shape index (κ3) is 8.01. The maximum Gasteiger partial charge on any atom is 0.330 e. The fourth-order valence-electron chi connectivity index (χ4n) is 1.25. The van der Waals surface area contributed by atoms with E-state index in [0.717, 1.165) is 6.08 Å². The number of carbonyl (C=O) groups is 3. The van der Waals surface area contributed by atoms with Gasteiger partial charge in [-0.1, -0.05) is 6.58 Å². The molecule has 0 rings (SSSR count). The van der Waals surface area contributed by atoms with Gasteiger partial charge in [0.25, 0.3) is 0 Å². The van der Waals surface area contributed by atoms with Crippen LogP contribution in [0.2, 0.25) is 0 Å². The van der Waals surface area contributed by atoms with Gasteiger partial charge in [-0.15, -0.1) is 0 Å². The predicted octanol–water partition coefficient (Wildman–Crippen LogP) is 1.06. The average Bonchev–Trinajstić information content (AvgIpc) is 2.25. The molecule has 0 heterocycles. The first kappa shape index (κ1) is 15.2. The molecule has 0 aliphatic rings. The minimum absolute atomic E-state index is 0.185. The maximum atomic E-state index is 10.7. The van der Waals surface area contributed by atoms with Crippen molar-refractivity contribution >= 4 is 17.9 Å². The van der Waals surface area contributed by atoms with Gasteiger partial charge in [0, 0.05) is 6.08 Å². The van der Waals surface area contributed by atoms with Crippen LogP contribution in [-0.4, -0.2) is 34.7 Å². The van der Waals surface area contributed by atoms with Crippen molar-refractivity contribution in [3.63, 3.8) is 0 Å². The van der Waals surface area contributed by atoms with Crippen LogP contribution in [0.5, 0.6) is 0 Å². The Bertz CT molecular complexity index is 296. The molecule has 2 N–H and O–H groups in total. The summed E-state index contributed by atoms with van der Waals surface area (Å²) in [5.41, 5.74) is 0.